The number of rotatable bonds is 13. The molecule has 4 rings (SSSR count). The van der Waals surface area contributed by atoms with Gasteiger partial charge in [0, 0.05) is 30.7 Å². The Bertz CT molecular complexity index is 1310. The molecular formula is C26H32FN7O4. The van der Waals surface area contributed by atoms with Gasteiger partial charge < -0.3 is 30.5 Å². The van der Waals surface area contributed by atoms with Crippen LogP contribution in [0.4, 0.5) is 15.9 Å². The van der Waals surface area contributed by atoms with Crippen molar-refractivity contribution in [1.29, 1.82) is 0 Å². The minimum atomic E-state index is -0.520. The first-order valence-electron chi connectivity index (χ1n) is 12.2. The average molecular weight is 526 g/mol. The molecule has 1 amide bonds. The molecule has 0 aliphatic carbocycles. The average Bonchev–Trinajstić information content (AvgIpc) is 3.27. The quantitative estimate of drug-likeness (QED) is 0.285. The number of benzene rings is 2. The predicted molar refractivity (Wildman–Crippen MR) is 142 cm³/mol. The molecule has 0 fully saturated rings. The molecule has 0 spiro atoms. The first kappa shape index (κ1) is 26.9. The number of primary amides is 1. The van der Waals surface area contributed by atoms with Gasteiger partial charge in [-0.1, -0.05) is 6.07 Å². The third-order valence-electron chi connectivity index (χ3n) is 5.98. The molecular weight excluding hydrogens is 493 g/mol. The second-order valence-electron chi connectivity index (χ2n) is 8.85. The normalized spacial score (nSPS) is 13.2. The number of ether oxygens (including phenoxy) is 2. The van der Waals surface area contributed by atoms with Crippen LogP contribution < -0.4 is 25.5 Å². The number of aliphatic hydroxyl groups excluding tert-OH is 1. The van der Waals surface area contributed by atoms with Crippen LogP contribution in [-0.2, 0) is 4.79 Å². The molecule has 3 aromatic rings. The van der Waals surface area contributed by atoms with Gasteiger partial charge in [0.1, 0.15) is 24.5 Å². The molecule has 0 saturated carbocycles. The highest BCUT2D eigenvalue weighted by atomic mass is 19.1. The first-order chi connectivity index (χ1) is 18.4. The first-order valence-corrected chi connectivity index (χ1v) is 12.2. The zero-order chi connectivity index (χ0) is 27.1. The van der Waals surface area contributed by atoms with E-state index < -0.39 is 5.91 Å². The summed E-state index contributed by atoms with van der Waals surface area (Å²) in [5.41, 5.74) is 7.41. The largest absolute Gasteiger partial charge is 0.493 e. The lowest BCUT2D eigenvalue weighted by molar-refractivity contribution is -0.118. The molecule has 38 heavy (non-hydrogen) atoms. The Balaban J connectivity index is 1.53. The Morgan fingerprint density at radius 2 is 2.08 bits per heavy atom. The van der Waals surface area contributed by atoms with E-state index in [0.717, 1.165) is 18.7 Å². The summed E-state index contributed by atoms with van der Waals surface area (Å²) in [5.74, 6) is 0.744. The highest BCUT2D eigenvalue weighted by Gasteiger charge is 2.25. The molecule has 12 heteroatoms. The minimum Gasteiger partial charge on any atom is -0.493 e. The number of fused-ring (bicyclic) bond motifs is 1. The standard InChI is InChI=1S/C26H32FN7O4/c1-32(8-9-35)7-4-10-38-24-13-22-21(12-23(24)37-2)26(30-17-29-22)31-19-14-33(16-25(28)36)34(15-19)20-6-3-5-18(27)11-20/h3,5-6,11-14,17,35H,4,7-10,15-16H2,1-2H3,(H2,28,36)(H,29,30,31). The lowest BCUT2D eigenvalue weighted by Gasteiger charge is -2.29. The molecule has 2 aromatic carbocycles. The van der Waals surface area contributed by atoms with Crippen molar-refractivity contribution in [1.82, 2.24) is 19.9 Å². The molecule has 1 aliphatic heterocycles. The third kappa shape index (κ3) is 6.58. The Morgan fingerprint density at radius 3 is 2.82 bits per heavy atom. The number of amides is 1. The van der Waals surface area contributed by atoms with Gasteiger partial charge in [-0.25, -0.2) is 14.4 Å². The molecule has 0 radical (unpaired) electrons. The SMILES string of the molecule is COc1cc2c(NC3=CN(CC(N)=O)N(c4cccc(F)c4)C3)ncnc2cc1OCCCN(C)CCO. The summed E-state index contributed by atoms with van der Waals surface area (Å²) in [5, 5.41) is 16.4. The number of hydrazine groups is 1. The van der Waals surface area contributed by atoms with E-state index in [9.17, 15) is 9.18 Å². The Kier molecular flexibility index (Phi) is 8.77. The van der Waals surface area contributed by atoms with Gasteiger partial charge in [-0.15, -0.1) is 0 Å². The van der Waals surface area contributed by atoms with Crippen molar-refractivity contribution in [3.63, 3.8) is 0 Å². The van der Waals surface area contributed by atoms with Gasteiger partial charge in [-0.2, -0.15) is 0 Å². The smallest absolute Gasteiger partial charge is 0.239 e. The minimum absolute atomic E-state index is 0.0729. The molecule has 11 nitrogen and oxygen atoms in total. The fourth-order valence-electron chi connectivity index (χ4n) is 4.17. The van der Waals surface area contributed by atoms with Crippen LogP contribution in [-0.4, -0.2) is 84.4 Å². The van der Waals surface area contributed by atoms with Crippen molar-refractivity contribution >= 4 is 28.3 Å². The number of nitrogens with two attached hydrogens (primary N) is 1. The zero-order valence-corrected chi connectivity index (χ0v) is 21.4. The van der Waals surface area contributed by atoms with Crippen LogP contribution in [0.5, 0.6) is 11.5 Å². The molecule has 0 saturated heterocycles. The van der Waals surface area contributed by atoms with Crippen molar-refractivity contribution in [3.05, 3.63) is 60.4 Å². The van der Waals surface area contributed by atoms with Crippen LogP contribution in [0, 0.1) is 5.82 Å². The van der Waals surface area contributed by atoms with Gasteiger partial charge in [0.05, 0.1) is 43.8 Å². The van der Waals surface area contributed by atoms with E-state index in [2.05, 4.69) is 15.3 Å². The highest BCUT2D eigenvalue weighted by molar-refractivity contribution is 5.92. The lowest BCUT2D eigenvalue weighted by Crippen LogP contribution is -2.41. The van der Waals surface area contributed by atoms with E-state index in [1.54, 1.807) is 41.5 Å². The summed E-state index contributed by atoms with van der Waals surface area (Å²) in [4.78, 5) is 22.5. The maximum absolute atomic E-state index is 13.9. The van der Waals surface area contributed by atoms with E-state index in [-0.39, 0.29) is 19.0 Å². The maximum atomic E-state index is 13.9. The molecule has 1 aromatic heterocycles. The molecule has 1 aliphatic rings. The monoisotopic (exact) mass is 525 g/mol. The van der Waals surface area contributed by atoms with Gasteiger partial charge in [-0.05, 0) is 37.7 Å². The van der Waals surface area contributed by atoms with Crippen LogP contribution in [0.15, 0.2) is 54.6 Å². The second-order valence-corrected chi connectivity index (χ2v) is 8.85. The molecule has 0 bridgehead atoms. The van der Waals surface area contributed by atoms with Crippen LogP contribution in [0.3, 0.4) is 0 Å². The Hall–Kier alpha value is -4.16. The molecule has 2 heterocycles. The van der Waals surface area contributed by atoms with Crippen LogP contribution in [0.25, 0.3) is 10.9 Å². The van der Waals surface area contributed by atoms with Crippen molar-refractivity contribution in [2.24, 2.45) is 5.73 Å². The number of aromatic nitrogens is 2. The number of carbonyl (C=O) groups is 1. The van der Waals surface area contributed by atoms with Crippen molar-refractivity contribution in [2.75, 3.05) is 63.9 Å². The van der Waals surface area contributed by atoms with Gasteiger partial charge in [-0.3, -0.25) is 14.8 Å². The van der Waals surface area contributed by atoms with Crippen LogP contribution in [0.2, 0.25) is 0 Å². The molecule has 4 N–H and O–H groups in total. The summed E-state index contributed by atoms with van der Waals surface area (Å²) in [6.45, 7) is 2.27. The summed E-state index contributed by atoms with van der Waals surface area (Å²) in [6, 6.07) is 9.73. The second kappa shape index (κ2) is 12.4. The summed E-state index contributed by atoms with van der Waals surface area (Å²) in [6.07, 6.45) is 3.98. The van der Waals surface area contributed by atoms with E-state index in [0.29, 0.717) is 53.6 Å². The summed E-state index contributed by atoms with van der Waals surface area (Å²) in [7, 11) is 3.51. The van der Waals surface area contributed by atoms with Crippen molar-refractivity contribution in [3.8, 4) is 11.5 Å². The molecule has 202 valence electrons. The number of hydrogen-bond acceptors (Lipinski definition) is 10. The number of carbonyl (C=O) groups excluding carboxylic acids is 1. The predicted octanol–water partition coefficient (Wildman–Crippen LogP) is 1.95. The van der Waals surface area contributed by atoms with Crippen molar-refractivity contribution in [2.45, 2.75) is 6.42 Å². The third-order valence-corrected chi connectivity index (χ3v) is 5.98. The Morgan fingerprint density at radius 1 is 1.24 bits per heavy atom. The fourth-order valence-corrected chi connectivity index (χ4v) is 4.17. The van der Waals surface area contributed by atoms with Crippen LogP contribution in [0.1, 0.15) is 6.42 Å². The maximum Gasteiger partial charge on any atom is 0.239 e. The van der Waals surface area contributed by atoms with Crippen molar-refractivity contribution < 1.29 is 23.8 Å². The molecule has 0 unspecified atom stereocenters. The summed E-state index contributed by atoms with van der Waals surface area (Å²) < 4.78 is 25.4. The number of nitrogens with zero attached hydrogens (tertiary/aromatic N) is 5. The number of aliphatic hydroxyl groups is 1. The highest BCUT2D eigenvalue weighted by Crippen LogP contribution is 2.35. The summed E-state index contributed by atoms with van der Waals surface area (Å²) >= 11 is 0. The van der Waals surface area contributed by atoms with Gasteiger partial charge in [0.15, 0.2) is 11.5 Å². The number of anilines is 2. The van der Waals surface area contributed by atoms with E-state index in [1.165, 1.54) is 18.5 Å². The number of nitrogens with one attached hydrogen (secondary N) is 1. The van der Waals surface area contributed by atoms with E-state index in [1.807, 2.05) is 18.0 Å². The zero-order valence-electron chi connectivity index (χ0n) is 21.4. The lowest BCUT2D eigenvalue weighted by atomic mass is 10.2. The number of hydrogen-bond donors (Lipinski definition) is 3. The van der Waals surface area contributed by atoms with E-state index >= 15 is 0 Å². The topological polar surface area (TPSA) is 129 Å². The number of likely N-dealkylation sites (N-methyl/N-ethyl adjacent to an activating group) is 1. The van der Waals surface area contributed by atoms with Gasteiger partial charge in [0.2, 0.25) is 5.91 Å². The van der Waals surface area contributed by atoms with Gasteiger partial charge in [0.25, 0.3) is 0 Å². The number of methoxy groups -OCH3 is 1. The number of halogens is 1. The van der Waals surface area contributed by atoms with Gasteiger partial charge >= 0.3 is 0 Å². The Labute approximate surface area is 220 Å². The van der Waals surface area contributed by atoms with E-state index in [4.69, 9.17) is 20.3 Å². The molecule has 0 atom stereocenters. The fraction of sp³-hybridized carbons (Fsp3) is 0.346. The van der Waals surface area contributed by atoms with Crippen LogP contribution >= 0.6 is 0 Å².